The summed E-state index contributed by atoms with van der Waals surface area (Å²) < 4.78 is 0. The van der Waals surface area contributed by atoms with E-state index in [0.29, 0.717) is 4.88 Å². The maximum atomic E-state index is 12.0. The fourth-order valence-corrected chi connectivity index (χ4v) is 2.25. The summed E-state index contributed by atoms with van der Waals surface area (Å²) in [5, 5.41) is 11.6. The van der Waals surface area contributed by atoms with E-state index in [-0.39, 0.29) is 12.5 Å². The molecule has 1 heterocycles. The number of aromatic nitrogens is 1. The molecule has 0 aliphatic rings. The number of nitrogens with zero attached hydrogens (tertiary/aromatic N) is 1. The van der Waals surface area contributed by atoms with Crippen molar-refractivity contribution in [3.8, 4) is 11.8 Å². The minimum Gasteiger partial charge on any atom is -0.384 e. The molecule has 2 rings (SSSR count). The first kappa shape index (κ1) is 14.3. The molecule has 102 valence electrons. The van der Waals surface area contributed by atoms with Crippen molar-refractivity contribution in [2.24, 2.45) is 0 Å². The van der Waals surface area contributed by atoms with Crippen LogP contribution >= 0.6 is 11.3 Å². The van der Waals surface area contributed by atoms with Crippen molar-refractivity contribution in [3.05, 3.63) is 45.9 Å². The van der Waals surface area contributed by atoms with Crippen LogP contribution in [0.2, 0.25) is 0 Å². The smallest absolute Gasteiger partial charge is 0.267 e. The highest BCUT2D eigenvalue weighted by Crippen LogP contribution is 2.19. The number of aliphatic hydroxyl groups excluding tert-OH is 1. The van der Waals surface area contributed by atoms with E-state index in [4.69, 9.17) is 5.11 Å². The number of hydrogen-bond acceptors (Lipinski definition) is 4. The summed E-state index contributed by atoms with van der Waals surface area (Å²) in [6, 6.07) is 5.58. The number of rotatable bonds is 3. The molecule has 1 aromatic carbocycles. The van der Waals surface area contributed by atoms with Gasteiger partial charge in [0.25, 0.3) is 5.91 Å². The fraction of sp³-hybridized carbons (Fsp3) is 0.200. The molecule has 1 aromatic heterocycles. The Labute approximate surface area is 121 Å². The number of benzene rings is 1. The second-order valence-electron chi connectivity index (χ2n) is 4.01. The van der Waals surface area contributed by atoms with Crippen LogP contribution in [0.1, 0.15) is 27.7 Å². The maximum absolute atomic E-state index is 12.0. The monoisotopic (exact) mass is 286 g/mol. The molecule has 0 aliphatic heterocycles. The van der Waals surface area contributed by atoms with E-state index in [1.54, 1.807) is 11.7 Å². The van der Waals surface area contributed by atoms with Crippen molar-refractivity contribution in [2.45, 2.75) is 13.3 Å². The van der Waals surface area contributed by atoms with E-state index in [0.717, 1.165) is 23.2 Å². The number of carbonyl (C=O) groups excluding carboxylic acids is 1. The van der Waals surface area contributed by atoms with Crippen molar-refractivity contribution in [1.82, 2.24) is 4.98 Å². The SMILES string of the molecule is CCc1cc(C#CCO)ccc1NC(=O)c1cncs1. The zero-order valence-corrected chi connectivity index (χ0v) is 11.8. The first-order chi connectivity index (χ1) is 9.74. The summed E-state index contributed by atoms with van der Waals surface area (Å²) in [4.78, 5) is 16.5. The van der Waals surface area contributed by atoms with Gasteiger partial charge in [0.1, 0.15) is 11.5 Å². The molecule has 2 aromatic rings. The van der Waals surface area contributed by atoms with Crippen LogP contribution in [-0.2, 0) is 6.42 Å². The lowest BCUT2D eigenvalue weighted by Crippen LogP contribution is -2.11. The Bertz CT molecular complexity index is 654. The van der Waals surface area contributed by atoms with Crippen LogP contribution in [0.5, 0.6) is 0 Å². The fourth-order valence-electron chi connectivity index (χ4n) is 1.74. The number of aliphatic hydroxyl groups is 1. The number of nitrogens with one attached hydrogen (secondary N) is 1. The Kier molecular flexibility index (Phi) is 4.88. The molecule has 0 radical (unpaired) electrons. The molecule has 0 spiro atoms. The maximum Gasteiger partial charge on any atom is 0.267 e. The van der Waals surface area contributed by atoms with E-state index in [1.807, 2.05) is 25.1 Å². The summed E-state index contributed by atoms with van der Waals surface area (Å²) in [5.74, 6) is 5.31. The normalized spacial score (nSPS) is 9.70. The summed E-state index contributed by atoms with van der Waals surface area (Å²) in [6.45, 7) is 1.85. The molecule has 0 aliphatic carbocycles. The van der Waals surface area contributed by atoms with E-state index in [2.05, 4.69) is 22.1 Å². The summed E-state index contributed by atoms with van der Waals surface area (Å²) in [5.41, 5.74) is 4.24. The molecule has 2 N–H and O–H groups in total. The number of anilines is 1. The van der Waals surface area contributed by atoms with E-state index < -0.39 is 0 Å². The molecule has 5 heteroatoms. The topological polar surface area (TPSA) is 62.2 Å². The Balaban J connectivity index is 2.21. The van der Waals surface area contributed by atoms with Crippen LogP contribution in [0.15, 0.2) is 29.9 Å². The Morgan fingerprint density at radius 3 is 3.00 bits per heavy atom. The molecule has 0 saturated carbocycles. The standard InChI is InChI=1S/C15H14N2O2S/c1-2-12-8-11(4-3-7-18)5-6-13(12)17-15(19)14-9-16-10-20-14/h5-6,8-10,18H,2,7H2,1H3,(H,17,19). The third-order valence-corrected chi connectivity index (χ3v) is 3.47. The highest BCUT2D eigenvalue weighted by molar-refractivity contribution is 7.11. The van der Waals surface area contributed by atoms with Crippen molar-refractivity contribution < 1.29 is 9.90 Å². The predicted molar refractivity (Wildman–Crippen MR) is 79.9 cm³/mol. The van der Waals surface area contributed by atoms with Gasteiger partial charge in [0.05, 0.1) is 11.7 Å². The molecular formula is C15H14N2O2S. The summed E-state index contributed by atoms with van der Waals surface area (Å²) >= 11 is 1.30. The van der Waals surface area contributed by atoms with Crippen LogP contribution < -0.4 is 5.32 Å². The molecule has 0 bridgehead atoms. The zero-order chi connectivity index (χ0) is 14.4. The number of thiazole rings is 1. The quantitative estimate of drug-likeness (QED) is 0.851. The van der Waals surface area contributed by atoms with Crippen LogP contribution in [0, 0.1) is 11.8 Å². The molecule has 0 atom stereocenters. The van der Waals surface area contributed by atoms with Gasteiger partial charge in [-0.25, -0.2) is 0 Å². The molecule has 0 saturated heterocycles. The van der Waals surface area contributed by atoms with Crippen LogP contribution in [0.3, 0.4) is 0 Å². The zero-order valence-electron chi connectivity index (χ0n) is 11.0. The Morgan fingerprint density at radius 2 is 2.35 bits per heavy atom. The van der Waals surface area contributed by atoms with Gasteiger partial charge in [0, 0.05) is 11.3 Å². The minimum absolute atomic E-state index is 0.156. The van der Waals surface area contributed by atoms with Gasteiger partial charge >= 0.3 is 0 Å². The summed E-state index contributed by atoms with van der Waals surface area (Å²) in [6.07, 6.45) is 2.33. The van der Waals surface area contributed by atoms with E-state index in [1.165, 1.54) is 11.3 Å². The largest absolute Gasteiger partial charge is 0.384 e. The molecule has 1 amide bonds. The minimum atomic E-state index is -0.161. The first-order valence-electron chi connectivity index (χ1n) is 6.17. The molecule has 0 unspecified atom stereocenters. The van der Waals surface area contributed by atoms with Crippen molar-refractivity contribution in [1.29, 1.82) is 0 Å². The highest BCUT2D eigenvalue weighted by atomic mass is 32.1. The van der Waals surface area contributed by atoms with Crippen LogP contribution in [0.4, 0.5) is 5.69 Å². The average molecular weight is 286 g/mol. The highest BCUT2D eigenvalue weighted by Gasteiger charge is 2.10. The van der Waals surface area contributed by atoms with E-state index >= 15 is 0 Å². The van der Waals surface area contributed by atoms with Gasteiger partial charge in [-0.3, -0.25) is 9.78 Å². The average Bonchev–Trinajstić information content (AvgIpc) is 3.00. The summed E-state index contributed by atoms with van der Waals surface area (Å²) in [7, 11) is 0. The second-order valence-corrected chi connectivity index (χ2v) is 4.89. The van der Waals surface area contributed by atoms with Crippen molar-refractivity contribution >= 4 is 22.9 Å². The van der Waals surface area contributed by atoms with Crippen LogP contribution in [0.25, 0.3) is 0 Å². The Hall–Kier alpha value is -2.16. The van der Waals surface area contributed by atoms with E-state index in [9.17, 15) is 4.79 Å². The van der Waals surface area contributed by atoms with Gasteiger partial charge in [-0.2, -0.15) is 0 Å². The first-order valence-corrected chi connectivity index (χ1v) is 7.05. The number of aryl methyl sites for hydroxylation is 1. The number of amides is 1. The van der Waals surface area contributed by atoms with Gasteiger partial charge in [0.15, 0.2) is 0 Å². The van der Waals surface area contributed by atoms with Gasteiger partial charge in [-0.05, 0) is 30.2 Å². The molecule has 4 nitrogen and oxygen atoms in total. The number of carbonyl (C=O) groups is 1. The van der Waals surface area contributed by atoms with Crippen molar-refractivity contribution in [3.63, 3.8) is 0 Å². The number of hydrogen-bond donors (Lipinski definition) is 2. The predicted octanol–water partition coefficient (Wildman–Crippen LogP) is 2.30. The lowest BCUT2D eigenvalue weighted by molar-refractivity contribution is 0.103. The molecule has 20 heavy (non-hydrogen) atoms. The van der Waals surface area contributed by atoms with Gasteiger partial charge < -0.3 is 10.4 Å². The lowest BCUT2D eigenvalue weighted by atomic mass is 10.1. The Morgan fingerprint density at radius 1 is 1.50 bits per heavy atom. The van der Waals surface area contributed by atoms with Crippen molar-refractivity contribution in [2.75, 3.05) is 11.9 Å². The van der Waals surface area contributed by atoms with Gasteiger partial charge in [-0.1, -0.05) is 18.8 Å². The second kappa shape index (κ2) is 6.85. The molecular weight excluding hydrogens is 272 g/mol. The third kappa shape index (κ3) is 3.44. The lowest BCUT2D eigenvalue weighted by Gasteiger charge is -2.09. The third-order valence-electron chi connectivity index (χ3n) is 2.70. The molecule has 0 fully saturated rings. The van der Waals surface area contributed by atoms with Gasteiger partial charge in [0.2, 0.25) is 0 Å². The van der Waals surface area contributed by atoms with Gasteiger partial charge in [-0.15, -0.1) is 11.3 Å². The van der Waals surface area contributed by atoms with Crippen LogP contribution in [-0.4, -0.2) is 22.6 Å².